The number of carbonyl (C=O) groups excluding carboxylic acids is 1. The van der Waals surface area contributed by atoms with E-state index in [0.29, 0.717) is 5.56 Å². The van der Waals surface area contributed by atoms with E-state index in [2.05, 4.69) is 16.2 Å². The summed E-state index contributed by atoms with van der Waals surface area (Å²) in [6.07, 6.45) is 0. The second-order valence-electron chi connectivity index (χ2n) is 3.30. The molecule has 1 aromatic carbocycles. The zero-order chi connectivity index (χ0) is 9.80. The van der Waals surface area contributed by atoms with Crippen LogP contribution in [0.4, 0.5) is 0 Å². The molecule has 1 heterocycles. The van der Waals surface area contributed by atoms with Gasteiger partial charge >= 0.3 is 0 Å². The minimum atomic E-state index is -0.0129. The van der Waals surface area contributed by atoms with Gasteiger partial charge in [0.05, 0.1) is 6.04 Å². The summed E-state index contributed by atoms with van der Waals surface area (Å²) in [6.45, 7) is 1.55. The molecule has 2 rings (SSSR count). The minimum absolute atomic E-state index is 0.0129. The van der Waals surface area contributed by atoms with Gasteiger partial charge in [0.2, 0.25) is 0 Å². The van der Waals surface area contributed by atoms with Crippen molar-refractivity contribution in [2.24, 2.45) is 0 Å². The third-order valence-corrected chi connectivity index (χ3v) is 2.19. The first-order valence-corrected chi connectivity index (χ1v) is 4.68. The van der Waals surface area contributed by atoms with Gasteiger partial charge in [-0.15, -0.1) is 0 Å². The van der Waals surface area contributed by atoms with Crippen LogP contribution in [-0.2, 0) is 0 Å². The first-order chi connectivity index (χ1) is 6.86. The number of hydrogen-bond acceptors (Lipinski definition) is 3. The highest BCUT2D eigenvalue weighted by Gasteiger charge is 2.16. The molecule has 0 saturated carbocycles. The summed E-state index contributed by atoms with van der Waals surface area (Å²) >= 11 is 0. The Morgan fingerprint density at radius 1 is 1.21 bits per heavy atom. The second kappa shape index (κ2) is 4.21. The van der Waals surface area contributed by atoms with Crippen LogP contribution in [0.2, 0.25) is 0 Å². The average Bonchev–Trinajstić information content (AvgIpc) is 2.72. The van der Waals surface area contributed by atoms with Gasteiger partial charge in [-0.1, -0.05) is 18.2 Å². The van der Waals surface area contributed by atoms with Gasteiger partial charge in [0.1, 0.15) is 0 Å². The summed E-state index contributed by atoms with van der Waals surface area (Å²) in [5, 5.41) is 2.93. The molecule has 0 aliphatic carbocycles. The Balaban J connectivity index is 1.95. The van der Waals surface area contributed by atoms with Crippen LogP contribution in [0.25, 0.3) is 0 Å². The Labute approximate surface area is 82.7 Å². The van der Waals surface area contributed by atoms with Gasteiger partial charge in [0, 0.05) is 18.7 Å². The van der Waals surface area contributed by atoms with E-state index in [1.807, 2.05) is 30.3 Å². The molecule has 1 aliphatic heterocycles. The van der Waals surface area contributed by atoms with Crippen molar-refractivity contribution in [3.63, 3.8) is 0 Å². The maximum atomic E-state index is 11.6. The molecular formula is C10H13N3O. The van der Waals surface area contributed by atoms with Gasteiger partial charge in [-0.25, -0.2) is 0 Å². The Kier molecular flexibility index (Phi) is 2.76. The van der Waals surface area contributed by atoms with E-state index in [1.165, 1.54) is 0 Å². The maximum absolute atomic E-state index is 11.6. The number of nitrogens with one attached hydrogen (secondary N) is 3. The van der Waals surface area contributed by atoms with Crippen molar-refractivity contribution >= 4 is 5.91 Å². The topological polar surface area (TPSA) is 53.2 Å². The van der Waals surface area contributed by atoms with E-state index < -0.39 is 0 Å². The summed E-state index contributed by atoms with van der Waals surface area (Å²) in [6, 6.07) is 9.42. The van der Waals surface area contributed by atoms with Crippen molar-refractivity contribution in [1.29, 1.82) is 0 Å². The number of hydrogen-bond donors (Lipinski definition) is 3. The van der Waals surface area contributed by atoms with Crippen LogP contribution >= 0.6 is 0 Å². The molecule has 3 N–H and O–H groups in total. The second-order valence-corrected chi connectivity index (χ2v) is 3.30. The normalized spacial score (nSPS) is 16.9. The SMILES string of the molecule is O=C(NC1CNNC1)c1ccccc1. The molecule has 0 aromatic heterocycles. The molecule has 1 saturated heterocycles. The lowest BCUT2D eigenvalue weighted by Gasteiger charge is -2.09. The van der Waals surface area contributed by atoms with Crippen LogP contribution in [0.1, 0.15) is 10.4 Å². The van der Waals surface area contributed by atoms with Crippen molar-refractivity contribution in [2.45, 2.75) is 6.04 Å². The molecule has 0 radical (unpaired) electrons. The summed E-state index contributed by atoms with van der Waals surface area (Å²) in [5.41, 5.74) is 6.64. The number of carbonyl (C=O) groups is 1. The van der Waals surface area contributed by atoms with Crippen LogP contribution in [0.5, 0.6) is 0 Å². The number of amides is 1. The average molecular weight is 191 g/mol. The largest absolute Gasteiger partial charge is 0.347 e. The highest BCUT2D eigenvalue weighted by atomic mass is 16.1. The van der Waals surface area contributed by atoms with E-state index in [-0.39, 0.29) is 11.9 Å². The molecule has 4 heteroatoms. The molecule has 1 amide bonds. The number of benzene rings is 1. The quantitative estimate of drug-likeness (QED) is 0.611. The number of hydrazine groups is 1. The number of rotatable bonds is 2. The third kappa shape index (κ3) is 2.10. The lowest BCUT2D eigenvalue weighted by Crippen LogP contribution is -2.38. The molecule has 1 aliphatic rings. The van der Waals surface area contributed by atoms with Gasteiger partial charge in [-0.3, -0.25) is 15.6 Å². The molecule has 1 aromatic rings. The van der Waals surface area contributed by atoms with Gasteiger partial charge in [0.25, 0.3) is 5.91 Å². The van der Waals surface area contributed by atoms with Crippen molar-refractivity contribution in [3.8, 4) is 0 Å². The highest BCUT2D eigenvalue weighted by Crippen LogP contribution is 1.99. The smallest absolute Gasteiger partial charge is 0.251 e. The van der Waals surface area contributed by atoms with Crippen LogP contribution in [-0.4, -0.2) is 25.0 Å². The van der Waals surface area contributed by atoms with E-state index in [0.717, 1.165) is 13.1 Å². The zero-order valence-corrected chi connectivity index (χ0v) is 7.79. The predicted molar refractivity (Wildman–Crippen MR) is 53.7 cm³/mol. The predicted octanol–water partition coefficient (Wildman–Crippen LogP) is -0.107. The van der Waals surface area contributed by atoms with Crippen molar-refractivity contribution in [2.75, 3.05) is 13.1 Å². The van der Waals surface area contributed by atoms with Gasteiger partial charge in [-0.2, -0.15) is 0 Å². The van der Waals surface area contributed by atoms with E-state index >= 15 is 0 Å². The fraction of sp³-hybridized carbons (Fsp3) is 0.300. The molecule has 0 bridgehead atoms. The molecule has 0 spiro atoms. The van der Waals surface area contributed by atoms with Gasteiger partial charge < -0.3 is 5.32 Å². The van der Waals surface area contributed by atoms with Crippen molar-refractivity contribution in [1.82, 2.24) is 16.2 Å². The Hall–Kier alpha value is -1.39. The van der Waals surface area contributed by atoms with Crippen LogP contribution in [0.15, 0.2) is 30.3 Å². The maximum Gasteiger partial charge on any atom is 0.251 e. The van der Waals surface area contributed by atoms with Crippen LogP contribution < -0.4 is 16.2 Å². The van der Waals surface area contributed by atoms with Gasteiger partial charge in [0.15, 0.2) is 0 Å². The van der Waals surface area contributed by atoms with Crippen LogP contribution in [0, 0.1) is 0 Å². The summed E-state index contributed by atoms with van der Waals surface area (Å²) in [4.78, 5) is 11.6. The van der Waals surface area contributed by atoms with E-state index in [4.69, 9.17) is 0 Å². The fourth-order valence-corrected chi connectivity index (χ4v) is 1.42. The van der Waals surface area contributed by atoms with E-state index in [9.17, 15) is 4.79 Å². The third-order valence-electron chi connectivity index (χ3n) is 2.19. The molecular weight excluding hydrogens is 178 g/mol. The molecule has 14 heavy (non-hydrogen) atoms. The molecule has 1 fully saturated rings. The Bertz CT molecular complexity index is 306. The molecule has 0 unspecified atom stereocenters. The van der Waals surface area contributed by atoms with Crippen molar-refractivity contribution < 1.29 is 4.79 Å². The monoisotopic (exact) mass is 191 g/mol. The molecule has 0 atom stereocenters. The standard InChI is InChI=1S/C10H13N3O/c14-10(8-4-2-1-3-5-8)13-9-6-11-12-7-9/h1-5,9,11-12H,6-7H2,(H,13,14). The fourth-order valence-electron chi connectivity index (χ4n) is 1.42. The first-order valence-electron chi connectivity index (χ1n) is 4.68. The lowest BCUT2D eigenvalue weighted by atomic mass is 10.2. The summed E-state index contributed by atoms with van der Waals surface area (Å²) < 4.78 is 0. The molecule has 74 valence electrons. The Morgan fingerprint density at radius 2 is 1.86 bits per heavy atom. The molecule has 4 nitrogen and oxygen atoms in total. The van der Waals surface area contributed by atoms with Gasteiger partial charge in [-0.05, 0) is 12.1 Å². The zero-order valence-electron chi connectivity index (χ0n) is 7.79. The first kappa shape index (κ1) is 9.18. The Morgan fingerprint density at radius 3 is 2.50 bits per heavy atom. The highest BCUT2D eigenvalue weighted by molar-refractivity contribution is 5.94. The van der Waals surface area contributed by atoms with Crippen molar-refractivity contribution in [3.05, 3.63) is 35.9 Å². The minimum Gasteiger partial charge on any atom is -0.347 e. The summed E-state index contributed by atoms with van der Waals surface area (Å²) in [7, 11) is 0. The van der Waals surface area contributed by atoms with E-state index in [1.54, 1.807) is 0 Å². The lowest BCUT2D eigenvalue weighted by molar-refractivity contribution is 0.0942. The van der Waals surface area contributed by atoms with Crippen LogP contribution in [0.3, 0.4) is 0 Å². The summed E-state index contributed by atoms with van der Waals surface area (Å²) in [5.74, 6) is -0.0129.